The molecular weight excluding hydrogens is 434 g/mol. The van der Waals surface area contributed by atoms with Crippen LogP contribution in [0.3, 0.4) is 0 Å². The fraction of sp³-hybridized carbons (Fsp3) is 0.192. The van der Waals surface area contributed by atoms with Gasteiger partial charge in [-0.25, -0.2) is 0 Å². The van der Waals surface area contributed by atoms with Gasteiger partial charge in [0.2, 0.25) is 5.91 Å². The molecular formula is C26H25N3O3S. The van der Waals surface area contributed by atoms with Gasteiger partial charge in [-0.15, -0.1) is 11.8 Å². The maximum absolute atomic E-state index is 12.9. The minimum Gasteiger partial charge on any atom is -0.497 e. The summed E-state index contributed by atoms with van der Waals surface area (Å²) in [5.74, 6) is 0.365. The number of carbonyl (C=O) groups excluding carboxylic acids is 2. The zero-order valence-electron chi connectivity index (χ0n) is 18.7. The Bertz CT molecular complexity index is 1180. The number of nitriles is 1. The first kappa shape index (κ1) is 23.9. The van der Waals surface area contributed by atoms with Crippen molar-refractivity contribution in [1.29, 1.82) is 5.26 Å². The maximum Gasteiger partial charge on any atom is 0.256 e. The molecule has 168 valence electrons. The molecule has 0 aliphatic heterocycles. The SMILES string of the molecule is COc1cccc(NC(=O)CSc2ccccc2C(=O)Nc2ccc(C(C)(C)C#N)cc2)c1. The van der Waals surface area contributed by atoms with Crippen LogP contribution in [0.15, 0.2) is 77.7 Å². The van der Waals surface area contributed by atoms with E-state index in [9.17, 15) is 14.9 Å². The van der Waals surface area contributed by atoms with Gasteiger partial charge in [-0.2, -0.15) is 5.26 Å². The monoisotopic (exact) mass is 459 g/mol. The van der Waals surface area contributed by atoms with E-state index >= 15 is 0 Å². The molecule has 2 N–H and O–H groups in total. The molecule has 0 spiro atoms. The lowest BCUT2D eigenvalue weighted by Gasteiger charge is -2.16. The highest BCUT2D eigenvalue weighted by molar-refractivity contribution is 8.00. The molecule has 0 unspecified atom stereocenters. The number of methoxy groups -OCH3 is 1. The first-order valence-corrected chi connectivity index (χ1v) is 11.3. The van der Waals surface area contributed by atoms with E-state index in [1.165, 1.54) is 11.8 Å². The summed E-state index contributed by atoms with van der Waals surface area (Å²) in [5, 5.41) is 15.0. The Hall–Kier alpha value is -3.76. The largest absolute Gasteiger partial charge is 0.497 e. The summed E-state index contributed by atoms with van der Waals surface area (Å²) in [5.41, 5.74) is 2.04. The van der Waals surface area contributed by atoms with Crippen molar-refractivity contribution in [3.05, 3.63) is 83.9 Å². The highest BCUT2D eigenvalue weighted by Crippen LogP contribution is 2.26. The number of amides is 2. The van der Waals surface area contributed by atoms with Crippen molar-refractivity contribution in [2.75, 3.05) is 23.5 Å². The van der Waals surface area contributed by atoms with Crippen molar-refractivity contribution in [2.24, 2.45) is 0 Å². The smallest absolute Gasteiger partial charge is 0.256 e. The van der Waals surface area contributed by atoms with Crippen molar-refractivity contribution in [3.63, 3.8) is 0 Å². The molecule has 0 atom stereocenters. The zero-order chi connectivity index (χ0) is 23.8. The van der Waals surface area contributed by atoms with Crippen LogP contribution in [-0.4, -0.2) is 24.7 Å². The fourth-order valence-corrected chi connectivity index (χ4v) is 3.90. The summed E-state index contributed by atoms with van der Waals surface area (Å²) >= 11 is 1.29. The maximum atomic E-state index is 12.9. The normalized spacial score (nSPS) is 10.7. The molecule has 2 amide bonds. The number of anilines is 2. The van der Waals surface area contributed by atoms with Gasteiger partial charge in [0.15, 0.2) is 0 Å². The van der Waals surface area contributed by atoms with Gasteiger partial charge < -0.3 is 15.4 Å². The Labute approximate surface area is 198 Å². The van der Waals surface area contributed by atoms with Crippen molar-refractivity contribution >= 4 is 35.0 Å². The van der Waals surface area contributed by atoms with Crippen molar-refractivity contribution < 1.29 is 14.3 Å². The van der Waals surface area contributed by atoms with Crippen LogP contribution in [0.25, 0.3) is 0 Å². The molecule has 6 nitrogen and oxygen atoms in total. The van der Waals surface area contributed by atoms with E-state index in [0.29, 0.717) is 27.6 Å². The summed E-state index contributed by atoms with van der Waals surface area (Å²) in [6.45, 7) is 3.69. The molecule has 0 fully saturated rings. The number of benzene rings is 3. The van der Waals surface area contributed by atoms with E-state index in [4.69, 9.17) is 4.74 Å². The molecule has 0 heterocycles. The number of rotatable bonds is 8. The van der Waals surface area contributed by atoms with Gasteiger partial charge in [0, 0.05) is 22.3 Å². The minimum atomic E-state index is -0.600. The highest BCUT2D eigenvalue weighted by Gasteiger charge is 2.19. The average molecular weight is 460 g/mol. The lowest BCUT2D eigenvalue weighted by atomic mass is 9.86. The van der Waals surface area contributed by atoms with Gasteiger partial charge in [-0.3, -0.25) is 9.59 Å². The van der Waals surface area contributed by atoms with E-state index in [0.717, 1.165) is 5.56 Å². The number of thioether (sulfide) groups is 1. The number of ether oxygens (including phenoxy) is 1. The molecule has 0 aliphatic rings. The average Bonchev–Trinajstić information content (AvgIpc) is 2.83. The van der Waals surface area contributed by atoms with Crippen LogP contribution in [0.4, 0.5) is 11.4 Å². The molecule has 0 aromatic heterocycles. The standard InChI is InChI=1S/C26H25N3O3S/c1-26(2,17-27)18-11-13-19(14-12-18)29-25(31)22-9-4-5-10-23(22)33-16-24(30)28-20-7-6-8-21(15-20)32-3/h4-15H,16H2,1-3H3,(H,28,30)(H,29,31). The summed E-state index contributed by atoms with van der Waals surface area (Å²) in [4.78, 5) is 26.0. The summed E-state index contributed by atoms with van der Waals surface area (Å²) < 4.78 is 5.17. The number of hydrogen-bond donors (Lipinski definition) is 2. The molecule has 0 bridgehead atoms. The molecule has 3 aromatic rings. The van der Waals surface area contributed by atoms with Crippen LogP contribution in [0.1, 0.15) is 29.8 Å². The minimum absolute atomic E-state index is 0.152. The van der Waals surface area contributed by atoms with E-state index in [1.54, 1.807) is 55.6 Å². The number of carbonyl (C=O) groups is 2. The van der Waals surface area contributed by atoms with Crippen LogP contribution >= 0.6 is 11.8 Å². The lowest BCUT2D eigenvalue weighted by molar-refractivity contribution is -0.113. The topological polar surface area (TPSA) is 91.2 Å². The highest BCUT2D eigenvalue weighted by atomic mass is 32.2. The summed E-state index contributed by atoms with van der Waals surface area (Å²) in [6, 6.07) is 23.8. The second-order valence-electron chi connectivity index (χ2n) is 7.83. The molecule has 3 rings (SSSR count). The molecule has 0 saturated carbocycles. The molecule has 3 aromatic carbocycles. The van der Waals surface area contributed by atoms with Crippen LogP contribution in [0.2, 0.25) is 0 Å². The van der Waals surface area contributed by atoms with Gasteiger partial charge >= 0.3 is 0 Å². The Morgan fingerprint density at radius 2 is 1.70 bits per heavy atom. The third-order valence-corrected chi connectivity index (χ3v) is 6.06. The van der Waals surface area contributed by atoms with Gasteiger partial charge in [0.1, 0.15) is 5.75 Å². The number of nitrogens with zero attached hydrogens (tertiary/aromatic N) is 1. The van der Waals surface area contributed by atoms with Gasteiger partial charge in [0.25, 0.3) is 5.91 Å². The first-order valence-electron chi connectivity index (χ1n) is 10.3. The molecule has 33 heavy (non-hydrogen) atoms. The molecule has 0 radical (unpaired) electrons. The summed E-state index contributed by atoms with van der Waals surface area (Å²) in [6.07, 6.45) is 0. The molecule has 0 saturated heterocycles. The number of hydrogen-bond acceptors (Lipinski definition) is 5. The third kappa shape index (κ3) is 6.37. The van der Waals surface area contributed by atoms with E-state index in [-0.39, 0.29) is 17.6 Å². The van der Waals surface area contributed by atoms with Gasteiger partial charge in [0.05, 0.1) is 29.9 Å². The lowest BCUT2D eigenvalue weighted by Crippen LogP contribution is -2.16. The quantitative estimate of drug-likeness (QED) is 0.435. The zero-order valence-corrected chi connectivity index (χ0v) is 19.5. The van der Waals surface area contributed by atoms with Crippen LogP contribution < -0.4 is 15.4 Å². The second-order valence-corrected chi connectivity index (χ2v) is 8.85. The van der Waals surface area contributed by atoms with Crippen molar-refractivity contribution in [3.8, 4) is 11.8 Å². The van der Waals surface area contributed by atoms with Crippen LogP contribution in [-0.2, 0) is 10.2 Å². The van der Waals surface area contributed by atoms with E-state index in [1.807, 2.05) is 38.1 Å². The van der Waals surface area contributed by atoms with E-state index < -0.39 is 5.41 Å². The van der Waals surface area contributed by atoms with Crippen LogP contribution in [0, 0.1) is 11.3 Å². The number of nitrogens with one attached hydrogen (secondary N) is 2. The Morgan fingerprint density at radius 1 is 0.970 bits per heavy atom. The predicted molar refractivity (Wildman–Crippen MR) is 132 cm³/mol. The van der Waals surface area contributed by atoms with E-state index in [2.05, 4.69) is 16.7 Å². The second kappa shape index (κ2) is 10.7. The van der Waals surface area contributed by atoms with Gasteiger partial charge in [-0.05, 0) is 55.8 Å². The Balaban J connectivity index is 1.64. The predicted octanol–water partition coefficient (Wildman–Crippen LogP) is 5.48. The van der Waals surface area contributed by atoms with Gasteiger partial charge in [-0.1, -0.05) is 30.3 Å². The Morgan fingerprint density at radius 3 is 2.39 bits per heavy atom. The fourth-order valence-electron chi connectivity index (χ4n) is 3.05. The van der Waals surface area contributed by atoms with Crippen molar-refractivity contribution in [1.82, 2.24) is 0 Å². The third-order valence-electron chi connectivity index (χ3n) is 4.99. The molecule has 7 heteroatoms. The molecule has 0 aliphatic carbocycles. The first-order chi connectivity index (χ1) is 15.8. The summed E-state index contributed by atoms with van der Waals surface area (Å²) in [7, 11) is 1.57. The Kier molecular flexibility index (Phi) is 7.75. The van der Waals surface area contributed by atoms with Crippen molar-refractivity contribution in [2.45, 2.75) is 24.2 Å². The van der Waals surface area contributed by atoms with Crippen LogP contribution in [0.5, 0.6) is 5.75 Å².